The lowest BCUT2D eigenvalue weighted by atomic mass is 9.94. The van der Waals surface area contributed by atoms with Gasteiger partial charge in [-0.05, 0) is 52.1 Å². The first kappa shape index (κ1) is 13.5. The molecule has 4 nitrogen and oxygen atoms in total. The summed E-state index contributed by atoms with van der Waals surface area (Å²) in [7, 11) is 0. The molecule has 2 heterocycles. The lowest BCUT2D eigenvalue weighted by Gasteiger charge is -2.36. The molecule has 0 saturated carbocycles. The van der Waals surface area contributed by atoms with Crippen LogP contribution in [0.25, 0.3) is 0 Å². The summed E-state index contributed by atoms with van der Waals surface area (Å²) in [5.74, 6) is 0.0788. The van der Waals surface area contributed by atoms with Gasteiger partial charge in [0.25, 0.3) is 0 Å². The fourth-order valence-electron chi connectivity index (χ4n) is 2.42. The van der Waals surface area contributed by atoms with Crippen molar-refractivity contribution in [1.29, 1.82) is 0 Å². The molecule has 0 radical (unpaired) electrons. The van der Waals surface area contributed by atoms with Crippen LogP contribution in [0.4, 0.5) is 5.00 Å². The molecule has 0 bridgehead atoms. The third-order valence-corrected chi connectivity index (χ3v) is 4.12. The number of aryl methyl sites for hydroxylation is 1. The van der Waals surface area contributed by atoms with Crippen LogP contribution in [0.3, 0.4) is 0 Å². The van der Waals surface area contributed by atoms with Gasteiger partial charge in [0.1, 0.15) is 5.00 Å². The molecule has 1 aliphatic heterocycles. The summed E-state index contributed by atoms with van der Waals surface area (Å²) in [5.41, 5.74) is 1.47. The Morgan fingerprint density at radius 3 is 2.89 bits per heavy atom. The van der Waals surface area contributed by atoms with E-state index in [1.165, 1.54) is 11.5 Å². The topological polar surface area (TPSA) is 51.2 Å². The molecule has 0 amide bonds. The Kier molecular flexibility index (Phi) is 3.73. The normalized spacial score (nSPS) is 22.8. The first-order chi connectivity index (χ1) is 8.39. The highest BCUT2D eigenvalue weighted by Gasteiger charge is 2.29. The Morgan fingerprint density at radius 2 is 2.28 bits per heavy atom. The van der Waals surface area contributed by atoms with Crippen LogP contribution in [-0.2, 0) is 4.74 Å². The zero-order valence-corrected chi connectivity index (χ0v) is 12.2. The molecule has 18 heavy (non-hydrogen) atoms. The molecule has 5 heteroatoms. The number of hydrogen-bond donors (Lipinski definition) is 1. The van der Waals surface area contributed by atoms with Crippen LogP contribution in [0.15, 0.2) is 0 Å². The average molecular weight is 268 g/mol. The van der Waals surface area contributed by atoms with E-state index in [-0.39, 0.29) is 11.4 Å². The zero-order chi connectivity index (χ0) is 13.3. The van der Waals surface area contributed by atoms with Gasteiger partial charge in [0.2, 0.25) is 0 Å². The maximum Gasteiger partial charge on any atom is 0.164 e. The maximum atomic E-state index is 11.6. The molecule has 1 aliphatic rings. The van der Waals surface area contributed by atoms with Crippen LogP contribution < -0.4 is 5.32 Å². The van der Waals surface area contributed by atoms with Gasteiger partial charge >= 0.3 is 0 Å². The Bertz CT molecular complexity index is 454. The van der Waals surface area contributed by atoms with Crippen molar-refractivity contribution < 1.29 is 9.53 Å². The van der Waals surface area contributed by atoms with Crippen LogP contribution in [0.5, 0.6) is 0 Å². The summed E-state index contributed by atoms with van der Waals surface area (Å²) in [4.78, 5) is 11.6. The van der Waals surface area contributed by atoms with E-state index in [9.17, 15) is 4.79 Å². The molecule has 1 aromatic rings. The molecule has 1 aromatic heterocycles. The lowest BCUT2D eigenvalue weighted by molar-refractivity contribution is -0.0552. The predicted molar refractivity (Wildman–Crippen MR) is 73.5 cm³/mol. The first-order valence-corrected chi connectivity index (χ1v) is 7.04. The van der Waals surface area contributed by atoms with Gasteiger partial charge in [0.15, 0.2) is 5.78 Å². The van der Waals surface area contributed by atoms with Gasteiger partial charge < -0.3 is 10.1 Å². The summed E-state index contributed by atoms with van der Waals surface area (Å²) >= 11 is 1.38. The fraction of sp³-hybridized carbons (Fsp3) is 0.692. The number of hydrogen-bond acceptors (Lipinski definition) is 5. The minimum Gasteiger partial charge on any atom is -0.375 e. The molecule has 0 spiro atoms. The molecular weight excluding hydrogens is 248 g/mol. The second-order valence-electron chi connectivity index (χ2n) is 5.47. The third-order valence-electron chi connectivity index (χ3n) is 3.25. The van der Waals surface area contributed by atoms with E-state index in [4.69, 9.17) is 4.74 Å². The number of nitrogens with zero attached hydrogens (tertiary/aromatic N) is 1. The van der Waals surface area contributed by atoms with Gasteiger partial charge in [-0.15, -0.1) is 0 Å². The third kappa shape index (κ3) is 2.90. The van der Waals surface area contributed by atoms with Crippen molar-refractivity contribution >= 4 is 22.3 Å². The van der Waals surface area contributed by atoms with Gasteiger partial charge in [-0.3, -0.25) is 4.79 Å². The highest BCUT2D eigenvalue weighted by atomic mass is 32.1. The van der Waals surface area contributed by atoms with Crippen molar-refractivity contribution in [3.05, 3.63) is 11.3 Å². The molecule has 2 rings (SSSR count). The van der Waals surface area contributed by atoms with E-state index in [2.05, 4.69) is 23.5 Å². The van der Waals surface area contributed by atoms with Crippen molar-refractivity contribution in [2.75, 3.05) is 11.9 Å². The SMILES string of the molecule is CC(=O)c1c(C)nsc1NC1CCOC(C)(C)C1. The van der Waals surface area contributed by atoms with Crippen molar-refractivity contribution in [3.8, 4) is 0 Å². The lowest BCUT2D eigenvalue weighted by Crippen LogP contribution is -2.40. The van der Waals surface area contributed by atoms with Crippen molar-refractivity contribution in [1.82, 2.24) is 4.37 Å². The molecular formula is C13H20N2O2S. The number of anilines is 1. The molecule has 0 aliphatic carbocycles. The standard InChI is InChI=1S/C13H20N2O2S/c1-8-11(9(2)16)12(18-15-8)14-10-5-6-17-13(3,4)7-10/h10,14H,5-7H2,1-4H3. The largest absolute Gasteiger partial charge is 0.375 e. The van der Waals surface area contributed by atoms with E-state index in [1.54, 1.807) is 6.92 Å². The molecule has 1 fully saturated rings. The van der Waals surface area contributed by atoms with Crippen molar-refractivity contribution in [2.24, 2.45) is 0 Å². The quantitative estimate of drug-likeness (QED) is 0.856. The number of carbonyl (C=O) groups is 1. The van der Waals surface area contributed by atoms with Gasteiger partial charge in [0.05, 0.1) is 16.9 Å². The smallest absolute Gasteiger partial charge is 0.164 e. The number of ketones is 1. The Labute approximate surface area is 112 Å². The predicted octanol–water partition coefficient (Wildman–Crippen LogP) is 3.02. The van der Waals surface area contributed by atoms with Crippen LogP contribution in [0, 0.1) is 6.92 Å². The summed E-state index contributed by atoms with van der Waals surface area (Å²) in [6.07, 6.45) is 1.92. The highest BCUT2D eigenvalue weighted by molar-refractivity contribution is 7.10. The van der Waals surface area contributed by atoms with E-state index in [0.29, 0.717) is 6.04 Å². The number of nitrogens with one attached hydrogen (secondary N) is 1. The molecule has 1 N–H and O–H groups in total. The van der Waals surface area contributed by atoms with Crippen LogP contribution in [0.1, 0.15) is 49.7 Å². The second kappa shape index (κ2) is 4.97. The van der Waals surface area contributed by atoms with Crippen LogP contribution in [-0.4, -0.2) is 28.4 Å². The summed E-state index contributed by atoms with van der Waals surface area (Å²) < 4.78 is 9.96. The summed E-state index contributed by atoms with van der Waals surface area (Å²) in [6, 6.07) is 0.353. The van der Waals surface area contributed by atoms with Gasteiger partial charge in [-0.25, -0.2) is 0 Å². The number of ether oxygens (including phenoxy) is 1. The maximum absolute atomic E-state index is 11.6. The molecule has 0 aromatic carbocycles. The summed E-state index contributed by atoms with van der Waals surface area (Å²) in [6.45, 7) is 8.44. The van der Waals surface area contributed by atoms with Crippen LogP contribution >= 0.6 is 11.5 Å². The van der Waals surface area contributed by atoms with Crippen molar-refractivity contribution in [2.45, 2.75) is 52.2 Å². The van der Waals surface area contributed by atoms with E-state index >= 15 is 0 Å². The minimum atomic E-state index is -0.0912. The minimum absolute atomic E-state index is 0.0788. The van der Waals surface area contributed by atoms with Gasteiger partial charge in [0, 0.05) is 12.6 Å². The van der Waals surface area contributed by atoms with E-state index in [1.807, 2.05) is 6.92 Å². The molecule has 100 valence electrons. The number of carbonyl (C=O) groups excluding carboxylic acids is 1. The van der Waals surface area contributed by atoms with Gasteiger partial charge in [-0.1, -0.05) is 0 Å². The Balaban J connectivity index is 2.12. The Hall–Kier alpha value is -0.940. The molecule has 1 unspecified atom stereocenters. The van der Waals surface area contributed by atoms with E-state index < -0.39 is 0 Å². The van der Waals surface area contributed by atoms with Crippen molar-refractivity contribution in [3.63, 3.8) is 0 Å². The molecule has 1 saturated heterocycles. The number of aromatic nitrogens is 1. The highest BCUT2D eigenvalue weighted by Crippen LogP contribution is 2.30. The average Bonchev–Trinajstić information content (AvgIpc) is 2.58. The molecule has 1 atom stereocenters. The zero-order valence-electron chi connectivity index (χ0n) is 11.4. The fourth-order valence-corrected chi connectivity index (χ4v) is 3.34. The summed E-state index contributed by atoms with van der Waals surface area (Å²) in [5, 5.41) is 4.37. The monoisotopic (exact) mass is 268 g/mol. The van der Waals surface area contributed by atoms with E-state index in [0.717, 1.165) is 35.7 Å². The van der Waals surface area contributed by atoms with Crippen LogP contribution in [0.2, 0.25) is 0 Å². The Morgan fingerprint density at radius 1 is 1.56 bits per heavy atom. The second-order valence-corrected chi connectivity index (χ2v) is 6.24. The van der Waals surface area contributed by atoms with Gasteiger partial charge in [-0.2, -0.15) is 4.37 Å². The number of rotatable bonds is 3. The first-order valence-electron chi connectivity index (χ1n) is 6.27. The number of Topliss-reactive ketones (excluding diaryl/α,β-unsaturated/α-hetero) is 1.